The first kappa shape index (κ1) is 12.8. The smallest absolute Gasteiger partial charge is 0.252 e. The highest BCUT2D eigenvalue weighted by molar-refractivity contribution is 5.98. The number of aromatic nitrogens is 1. The van der Waals surface area contributed by atoms with Crippen LogP contribution in [0.15, 0.2) is 18.5 Å². The summed E-state index contributed by atoms with van der Waals surface area (Å²) in [6, 6.07) is 1.77. The van der Waals surface area contributed by atoms with E-state index in [9.17, 15) is 9.90 Å². The number of amides is 1. The van der Waals surface area contributed by atoms with E-state index < -0.39 is 11.5 Å². The van der Waals surface area contributed by atoms with Crippen LogP contribution in [0.1, 0.15) is 23.2 Å². The van der Waals surface area contributed by atoms with Crippen LogP contribution in [0.3, 0.4) is 0 Å². The van der Waals surface area contributed by atoms with Crippen LogP contribution < -0.4 is 16.4 Å². The van der Waals surface area contributed by atoms with Crippen LogP contribution in [0.25, 0.3) is 0 Å². The number of hydrogen-bond acceptors (Lipinski definition) is 5. The number of rotatable bonds is 3. The summed E-state index contributed by atoms with van der Waals surface area (Å²) >= 11 is 0. The average molecular weight is 250 g/mol. The van der Waals surface area contributed by atoms with Crippen LogP contribution in [0.5, 0.6) is 0 Å². The van der Waals surface area contributed by atoms with E-state index in [1.807, 2.05) is 4.90 Å². The molecular formula is C12H18N4O2. The van der Waals surface area contributed by atoms with Crippen molar-refractivity contribution in [1.82, 2.24) is 4.98 Å². The van der Waals surface area contributed by atoms with Gasteiger partial charge in [-0.15, -0.1) is 0 Å². The third kappa shape index (κ3) is 2.44. The van der Waals surface area contributed by atoms with Crippen LogP contribution >= 0.6 is 0 Å². The molecule has 5 N–H and O–H groups in total. The van der Waals surface area contributed by atoms with Gasteiger partial charge in [-0.25, -0.2) is 0 Å². The van der Waals surface area contributed by atoms with E-state index in [0.29, 0.717) is 31.5 Å². The summed E-state index contributed by atoms with van der Waals surface area (Å²) in [5.74, 6) is -0.488. The maximum absolute atomic E-state index is 11.3. The van der Waals surface area contributed by atoms with E-state index in [2.05, 4.69) is 4.98 Å². The van der Waals surface area contributed by atoms with Gasteiger partial charge in [-0.3, -0.25) is 9.78 Å². The molecule has 0 unspecified atom stereocenters. The summed E-state index contributed by atoms with van der Waals surface area (Å²) in [5, 5.41) is 10.1. The Bertz CT molecular complexity index is 441. The molecule has 0 aromatic carbocycles. The van der Waals surface area contributed by atoms with Crippen molar-refractivity contribution in [3.63, 3.8) is 0 Å². The van der Waals surface area contributed by atoms with Gasteiger partial charge in [0, 0.05) is 32.0 Å². The lowest BCUT2D eigenvalue weighted by Crippen LogP contribution is -2.49. The van der Waals surface area contributed by atoms with Crippen molar-refractivity contribution in [3.05, 3.63) is 24.0 Å². The second-order valence-electron chi connectivity index (χ2n) is 4.67. The molecule has 1 amide bonds. The number of pyridine rings is 1. The molecular weight excluding hydrogens is 232 g/mol. The van der Waals surface area contributed by atoms with Gasteiger partial charge >= 0.3 is 0 Å². The molecule has 0 bridgehead atoms. The van der Waals surface area contributed by atoms with Crippen molar-refractivity contribution in [3.8, 4) is 0 Å². The highest BCUT2D eigenvalue weighted by atomic mass is 16.3. The normalized spacial score (nSPS) is 18.7. The van der Waals surface area contributed by atoms with E-state index in [-0.39, 0.29) is 6.54 Å². The van der Waals surface area contributed by atoms with E-state index in [1.54, 1.807) is 12.3 Å². The molecule has 1 aromatic rings. The molecule has 98 valence electrons. The predicted octanol–water partition coefficient (Wildman–Crippen LogP) is -0.530. The van der Waals surface area contributed by atoms with Gasteiger partial charge in [-0.1, -0.05) is 0 Å². The molecule has 0 radical (unpaired) electrons. The van der Waals surface area contributed by atoms with Crippen molar-refractivity contribution in [2.75, 3.05) is 24.5 Å². The van der Waals surface area contributed by atoms with E-state index in [4.69, 9.17) is 11.5 Å². The molecule has 0 aliphatic carbocycles. The Kier molecular flexibility index (Phi) is 3.49. The minimum absolute atomic E-state index is 0.264. The van der Waals surface area contributed by atoms with Crippen molar-refractivity contribution in [2.45, 2.75) is 18.4 Å². The summed E-state index contributed by atoms with van der Waals surface area (Å²) in [5.41, 5.74) is 11.3. The van der Waals surface area contributed by atoms with Crippen LogP contribution in [-0.4, -0.2) is 41.2 Å². The zero-order valence-electron chi connectivity index (χ0n) is 10.2. The monoisotopic (exact) mass is 250 g/mol. The largest absolute Gasteiger partial charge is 0.388 e. The Morgan fingerprint density at radius 2 is 2.17 bits per heavy atom. The van der Waals surface area contributed by atoms with Crippen LogP contribution in [0.4, 0.5) is 5.69 Å². The molecule has 0 atom stereocenters. The zero-order valence-corrected chi connectivity index (χ0v) is 10.2. The molecule has 2 heterocycles. The van der Waals surface area contributed by atoms with Crippen LogP contribution in [0.2, 0.25) is 0 Å². The zero-order chi connectivity index (χ0) is 13.2. The van der Waals surface area contributed by atoms with Gasteiger partial charge in [0.25, 0.3) is 5.91 Å². The SMILES string of the molecule is NCC1(O)CCN(c2ccncc2C(N)=O)CC1. The van der Waals surface area contributed by atoms with Gasteiger partial charge in [0.05, 0.1) is 16.9 Å². The number of nitrogens with two attached hydrogens (primary N) is 2. The maximum Gasteiger partial charge on any atom is 0.252 e. The summed E-state index contributed by atoms with van der Waals surface area (Å²) in [6.45, 7) is 1.57. The van der Waals surface area contributed by atoms with Crippen molar-refractivity contribution < 1.29 is 9.90 Å². The first-order valence-corrected chi connectivity index (χ1v) is 5.97. The maximum atomic E-state index is 11.3. The van der Waals surface area contributed by atoms with Crippen molar-refractivity contribution in [1.29, 1.82) is 0 Å². The summed E-state index contributed by atoms with van der Waals surface area (Å²) in [6.07, 6.45) is 4.28. The summed E-state index contributed by atoms with van der Waals surface area (Å²) in [7, 11) is 0. The van der Waals surface area contributed by atoms with Crippen LogP contribution in [-0.2, 0) is 0 Å². The molecule has 1 aromatic heterocycles. The first-order chi connectivity index (χ1) is 8.56. The average Bonchev–Trinajstić information content (AvgIpc) is 2.39. The fraction of sp³-hybridized carbons (Fsp3) is 0.500. The fourth-order valence-corrected chi connectivity index (χ4v) is 2.22. The topological polar surface area (TPSA) is 105 Å². The Hall–Kier alpha value is -1.66. The summed E-state index contributed by atoms with van der Waals surface area (Å²) in [4.78, 5) is 17.3. The highest BCUT2D eigenvalue weighted by Gasteiger charge is 2.31. The number of carbonyl (C=O) groups is 1. The van der Waals surface area contributed by atoms with Gasteiger partial charge in [-0.05, 0) is 18.9 Å². The second kappa shape index (κ2) is 4.91. The van der Waals surface area contributed by atoms with Gasteiger partial charge < -0.3 is 21.5 Å². The number of aliphatic hydroxyl groups is 1. The molecule has 0 spiro atoms. The molecule has 2 rings (SSSR count). The molecule has 6 heteroatoms. The lowest BCUT2D eigenvalue weighted by Gasteiger charge is -2.39. The third-order valence-corrected chi connectivity index (χ3v) is 3.48. The van der Waals surface area contributed by atoms with Gasteiger partial charge in [0.1, 0.15) is 0 Å². The molecule has 0 saturated carbocycles. The molecule has 18 heavy (non-hydrogen) atoms. The number of hydrogen-bond donors (Lipinski definition) is 3. The Balaban J connectivity index is 2.17. The van der Waals surface area contributed by atoms with E-state index in [1.165, 1.54) is 6.20 Å². The Morgan fingerprint density at radius 3 is 2.72 bits per heavy atom. The number of anilines is 1. The highest BCUT2D eigenvalue weighted by Crippen LogP contribution is 2.27. The first-order valence-electron chi connectivity index (χ1n) is 5.97. The fourth-order valence-electron chi connectivity index (χ4n) is 2.22. The Labute approximate surface area is 106 Å². The second-order valence-corrected chi connectivity index (χ2v) is 4.67. The quantitative estimate of drug-likeness (QED) is 0.669. The number of nitrogens with zero attached hydrogens (tertiary/aromatic N) is 2. The molecule has 1 aliphatic heterocycles. The van der Waals surface area contributed by atoms with E-state index >= 15 is 0 Å². The third-order valence-electron chi connectivity index (χ3n) is 3.48. The number of carbonyl (C=O) groups excluding carboxylic acids is 1. The lowest BCUT2D eigenvalue weighted by atomic mass is 9.91. The van der Waals surface area contributed by atoms with Gasteiger partial charge in [0.15, 0.2) is 0 Å². The molecule has 6 nitrogen and oxygen atoms in total. The molecule has 1 aliphatic rings. The van der Waals surface area contributed by atoms with E-state index in [0.717, 1.165) is 5.69 Å². The number of piperidine rings is 1. The molecule has 1 fully saturated rings. The summed E-state index contributed by atoms with van der Waals surface area (Å²) < 4.78 is 0. The van der Waals surface area contributed by atoms with Crippen LogP contribution in [0, 0.1) is 0 Å². The van der Waals surface area contributed by atoms with Gasteiger partial charge in [0.2, 0.25) is 0 Å². The van der Waals surface area contributed by atoms with Crippen molar-refractivity contribution in [2.24, 2.45) is 11.5 Å². The Morgan fingerprint density at radius 1 is 1.50 bits per heavy atom. The minimum Gasteiger partial charge on any atom is -0.388 e. The lowest BCUT2D eigenvalue weighted by molar-refractivity contribution is 0.0250. The number of primary amides is 1. The standard InChI is InChI=1S/C12H18N4O2/c13-8-12(18)2-5-16(6-3-12)10-1-4-15-7-9(10)11(14)17/h1,4,7,18H,2-3,5-6,8,13H2,(H2,14,17). The van der Waals surface area contributed by atoms with Gasteiger partial charge in [-0.2, -0.15) is 0 Å². The predicted molar refractivity (Wildman–Crippen MR) is 68.2 cm³/mol. The molecule has 1 saturated heterocycles. The van der Waals surface area contributed by atoms with Crippen molar-refractivity contribution >= 4 is 11.6 Å². The minimum atomic E-state index is -0.781.